The van der Waals surface area contributed by atoms with Crippen LogP contribution in [0.3, 0.4) is 0 Å². The molecule has 1 heterocycles. The molecule has 1 aliphatic rings. The zero-order valence-corrected chi connectivity index (χ0v) is 14.2. The molecule has 1 saturated heterocycles. The number of esters is 1. The molecule has 5 heteroatoms. The maximum Gasteiger partial charge on any atom is 0.307 e. The number of rotatable bonds is 6. The van der Waals surface area contributed by atoms with E-state index in [1.807, 2.05) is 25.1 Å². The van der Waals surface area contributed by atoms with Crippen LogP contribution in [0.5, 0.6) is 5.75 Å². The molecule has 0 aliphatic carbocycles. The Labute approximate surface area is 134 Å². The molecule has 1 fully saturated rings. The summed E-state index contributed by atoms with van der Waals surface area (Å²) < 4.78 is 11.5. The molecule has 4 nitrogen and oxygen atoms in total. The number of ether oxygens (including phenoxy) is 2. The third kappa shape index (κ3) is 4.20. The average Bonchev–Trinajstić information content (AvgIpc) is 3.00. The highest BCUT2D eigenvalue weighted by Gasteiger charge is 2.28. The van der Waals surface area contributed by atoms with Crippen LogP contribution in [0.4, 0.5) is 0 Å². The second kappa shape index (κ2) is 7.80. The van der Waals surface area contributed by atoms with Crippen LogP contribution in [-0.4, -0.2) is 37.7 Å². The second-order valence-corrected chi connectivity index (χ2v) is 6.01. The van der Waals surface area contributed by atoms with E-state index in [9.17, 15) is 4.79 Å². The van der Waals surface area contributed by atoms with E-state index < -0.39 is 0 Å². The summed E-state index contributed by atoms with van der Waals surface area (Å²) in [7, 11) is 1.66. The van der Waals surface area contributed by atoms with Gasteiger partial charge in [-0.3, -0.25) is 9.69 Å². The van der Waals surface area contributed by atoms with Gasteiger partial charge in [0.15, 0.2) is 0 Å². The summed E-state index contributed by atoms with van der Waals surface area (Å²) in [6, 6.07) is 5.93. The van der Waals surface area contributed by atoms with Gasteiger partial charge in [0.2, 0.25) is 0 Å². The van der Waals surface area contributed by atoms with Crippen molar-refractivity contribution in [1.29, 1.82) is 0 Å². The van der Waals surface area contributed by atoms with Gasteiger partial charge in [0.1, 0.15) is 5.75 Å². The van der Waals surface area contributed by atoms with E-state index >= 15 is 0 Å². The summed E-state index contributed by atoms with van der Waals surface area (Å²) in [5, 5.41) is 0. The summed E-state index contributed by atoms with van der Waals surface area (Å²) in [5.74, 6) is 0.658. The first-order valence-corrected chi connectivity index (χ1v) is 8.18. The number of nitrogens with zero attached hydrogens (tertiary/aromatic N) is 1. The van der Waals surface area contributed by atoms with Crippen molar-refractivity contribution < 1.29 is 14.3 Å². The summed E-state index contributed by atoms with van der Waals surface area (Å²) in [4.78, 5) is 14.3. The molecule has 1 aromatic rings. The number of carbonyl (C=O) groups excluding carboxylic acids is 1. The van der Waals surface area contributed by atoms with Gasteiger partial charge in [-0.1, -0.05) is 15.9 Å². The van der Waals surface area contributed by atoms with Gasteiger partial charge < -0.3 is 9.47 Å². The van der Waals surface area contributed by atoms with Crippen molar-refractivity contribution in [3.8, 4) is 5.75 Å². The van der Waals surface area contributed by atoms with Crippen LogP contribution in [0.1, 0.15) is 37.8 Å². The first-order chi connectivity index (χ1) is 10.2. The normalized spacial score (nSPS) is 16.7. The molecule has 0 bridgehead atoms. The predicted molar refractivity (Wildman–Crippen MR) is 85.5 cm³/mol. The Morgan fingerprint density at radius 3 is 2.71 bits per heavy atom. The Balaban J connectivity index is 2.27. The molecular formula is C16H22BrNO3. The topological polar surface area (TPSA) is 38.8 Å². The fourth-order valence-electron chi connectivity index (χ4n) is 2.77. The van der Waals surface area contributed by atoms with Gasteiger partial charge in [0.05, 0.1) is 20.1 Å². The highest BCUT2D eigenvalue weighted by molar-refractivity contribution is 9.10. The van der Waals surface area contributed by atoms with Crippen molar-refractivity contribution in [3.63, 3.8) is 0 Å². The maximum atomic E-state index is 12.0. The molecular weight excluding hydrogens is 334 g/mol. The van der Waals surface area contributed by atoms with Crippen molar-refractivity contribution in [3.05, 3.63) is 28.2 Å². The van der Waals surface area contributed by atoms with Gasteiger partial charge >= 0.3 is 5.97 Å². The molecule has 1 aromatic carbocycles. The number of hydrogen-bond donors (Lipinski definition) is 0. The monoisotopic (exact) mass is 355 g/mol. The molecule has 1 unspecified atom stereocenters. The third-order valence-corrected chi connectivity index (χ3v) is 4.53. The SMILES string of the molecule is CCOC(=O)CC(c1cc(OC)ccc1Br)N1CCCC1. The molecule has 0 spiro atoms. The van der Waals surface area contributed by atoms with Crippen molar-refractivity contribution in [2.45, 2.75) is 32.2 Å². The quantitative estimate of drug-likeness (QED) is 0.731. The first kappa shape index (κ1) is 16.3. The van der Waals surface area contributed by atoms with Gasteiger partial charge in [-0.15, -0.1) is 0 Å². The fourth-order valence-corrected chi connectivity index (χ4v) is 3.28. The minimum atomic E-state index is -0.149. The van der Waals surface area contributed by atoms with Crippen molar-refractivity contribution in [2.24, 2.45) is 0 Å². The Bertz CT molecular complexity index is 486. The second-order valence-electron chi connectivity index (χ2n) is 5.16. The molecule has 116 valence electrons. The zero-order valence-electron chi connectivity index (χ0n) is 12.6. The van der Waals surface area contributed by atoms with E-state index in [0.29, 0.717) is 13.0 Å². The van der Waals surface area contributed by atoms with Gasteiger partial charge in [-0.05, 0) is 56.6 Å². The lowest BCUT2D eigenvalue weighted by atomic mass is 10.0. The summed E-state index contributed by atoms with van der Waals surface area (Å²) in [6.45, 7) is 4.30. The van der Waals surface area contributed by atoms with E-state index in [1.54, 1.807) is 7.11 Å². The first-order valence-electron chi connectivity index (χ1n) is 7.38. The van der Waals surface area contributed by atoms with Gasteiger partial charge in [0.25, 0.3) is 0 Å². The Morgan fingerprint density at radius 1 is 1.38 bits per heavy atom. The molecule has 21 heavy (non-hydrogen) atoms. The lowest BCUT2D eigenvalue weighted by molar-refractivity contribution is -0.144. The smallest absolute Gasteiger partial charge is 0.307 e. The van der Waals surface area contributed by atoms with Crippen molar-refractivity contribution in [2.75, 3.05) is 26.8 Å². The largest absolute Gasteiger partial charge is 0.497 e. The van der Waals surface area contributed by atoms with E-state index in [4.69, 9.17) is 9.47 Å². The van der Waals surface area contributed by atoms with Gasteiger partial charge in [-0.2, -0.15) is 0 Å². The fraction of sp³-hybridized carbons (Fsp3) is 0.562. The number of methoxy groups -OCH3 is 1. The van der Waals surface area contributed by atoms with E-state index in [0.717, 1.165) is 28.9 Å². The maximum absolute atomic E-state index is 12.0. The van der Waals surface area contributed by atoms with Crippen LogP contribution in [0.15, 0.2) is 22.7 Å². The molecule has 0 radical (unpaired) electrons. The molecule has 0 aromatic heterocycles. The Hall–Kier alpha value is -1.07. The van der Waals surface area contributed by atoms with Crippen molar-refractivity contribution in [1.82, 2.24) is 4.90 Å². The number of hydrogen-bond acceptors (Lipinski definition) is 4. The molecule has 1 atom stereocenters. The van der Waals surface area contributed by atoms with Gasteiger partial charge in [-0.25, -0.2) is 0 Å². The van der Waals surface area contributed by atoms with E-state index in [1.165, 1.54) is 12.8 Å². The van der Waals surface area contributed by atoms with Crippen LogP contribution in [0.2, 0.25) is 0 Å². The number of likely N-dealkylation sites (tertiary alicyclic amines) is 1. The number of halogens is 1. The number of carbonyl (C=O) groups is 1. The van der Waals surface area contributed by atoms with Crippen LogP contribution in [-0.2, 0) is 9.53 Å². The average molecular weight is 356 g/mol. The molecule has 1 aliphatic heterocycles. The minimum absolute atomic E-state index is 0.0380. The Morgan fingerprint density at radius 2 is 2.10 bits per heavy atom. The summed E-state index contributed by atoms with van der Waals surface area (Å²) in [6.07, 6.45) is 2.74. The minimum Gasteiger partial charge on any atom is -0.497 e. The molecule has 0 saturated carbocycles. The summed E-state index contributed by atoms with van der Waals surface area (Å²) in [5.41, 5.74) is 1.09. The van der Waals surface area contributed by atoms with Crippen LogP contribution in [0, 0.1) is 0 Å². The lowest BCUT2D eigenvalue weighted by Crippen LogP contribution is -2.28. The molecule has 0 N–H and O–H groups in total. The van der Waals surface area contributed by atoms with E-state index in [2.05, 4.69) is 20.8 Å². The highest BCUT2D eigenvalue weighted by Crippen LogP contribution is 2.35. The van der Waals surface area contributed by atoms with Gasteiger partial charge in [0, 0.05) is 10.5 Å². The van der Waals surface area contributed by atoms with Crippen LogP contribution >= 0.6 is 15.9 Å². The standard InChI is InChI=1S/C16H22BrNO3/c1-3-21-16(19)11-15(18-8-4-5-9-18)13-10-12(20-2)6-7-14(13)17/h6-7,10,15H,3-5,8-9,11H2,1-2H3. The lowest BCUT2D eigenvalue weighted by Gasteiger charge is -2.28. The Kier molecular flexibility index (Phi) is 6.06. The highest BCUT2D eigenvalue weighted by atomic mass is 79.9. The van der Waals surface area contributed by atoms with Crippen LogP contribution < -0.4 is 4.74 Å². The molecule has 0 amide bonds. The number of benzene rings is 1. The summed E-state index contributed by atoms with van der Waals surface area (Å²) >= 11 is 3.60. The van der Waals surface area contributed by atoms with Crippen molar-refractivity contribution >= 4 is 21.9 Å². The zero-order chi connectivity index (χ0) is 15.2. The predicted octanol–water partition coefficient (Wildman–Crippen LogP) is 3.55. The van der Waals surface area contributed by atoms with Crippen LogP contribution in [0.25, 0.3) is 0 Å². The molecule has 2 rings (SSSR count). The third-order valence-electron chi connectivity index (χ3n) is 3.81. The van der Waals surface area contributed by atoms with E-state index in [-0.39, 0.29) is 12.0 Å².